The van der Waals surface area contributed by atoms with Gasteiger partial charge in [-0.15, -0.1) is 11.3 Å². The number of amides is 1. The zero-order chi connectivity index (χ0) is 37.7. The van der Waals surface area contributed by atoms with Gasteiger partial charge in [-0.25, -0.2) is 10.4 Å². The minimum Gasteiger partial charge on any atom is -0.464 e. The van der Waals surface area contributed by atoms with Crippen LogP contribution in [0, 0.1) is 5.41 Å². The first-order chi connectivity index (χ1) is 26.0. The number of thiazole rings is 1. The fourth-order valence-corrected chi connectivity index (χ4v) is 9.96. The molecule has 11 nitrogen and oxygen atoms in total. The standard InChI is InChI=1S/C42H56N8O3S/c1-6-49-36-13-12-27-18-30(36)32(39(49)31-19-29(22-44-38(31)26(2)3)48-17-16-47-14-8-7-10-28(47)23-48)21-42(4,5)25-53-41(52)34-11-9-15-50(46-34)40(51)33(43)20-37-45-35(27)24-54-37/h12-13,18-19,22,24,26,28,33-34,46H,6-11,14-17,20-21,23,25,43H2,1-5H3/t28-,33+,34+/m1/s1. The molecule has 3 fully saturated rings. The number of benzene rings is 1. The Morgan fingerprint density at radius 3 is 2.74 bits per heavy atom. The average Bonchev–Trinajstić information content (AvgIpc) is 3.77. The van der Waals surface area contributed by atoms with Gasteiger partial charge in [-0.05, 0) is 75.3 Å². The van der Waals surface area contributed by atoms with Crippen LogP contribution >= 0.6 is 11.3 Å². The molecule has 3 aromatic heterocycles. The normalized spacial score (nSPS) is 24.1. The Labute approximate surface area is 323 Å². The summed E-state index contributed by atoms with van der Waals surface area (Å²) in [7, 11) is 0. The third-order valence-corrected chi connectivity index (χ3v) is 12.8. The molecule has 1 aromatic carbocycles. The van der Waals surface area contributed by atoms with Crippen LogP contribution in [0.2, 0.25) is 0 Å². The highest BCUT2D eigenvalue weighted by atomic mass is 32.1. The van der Waals surface area contributed by atoms with Gasteiger partial charge in [0.1, 0.15) is 6.04 Å². The first kappa shape index (κ1) is 37.1. The number of esters is 1. The Bertz CT molecular complexity index is 2040. The van der Waals surface area contributed by atoms with Gasteiger partial charge in [0.2, 0.25) is 0 Å². The summed E-state index contributed by atoms with van der Waals surface area (Å²) in [5, 5.41) is 5.56. The van der Waals surface area contributed by atoms with Gasteiger partial charge in [-0.1, -0.05) is 40.2 Å². The number of piperazine rings is 1. The van der Waals surface area contributed by atoms with Gasteiger partial charge in [-0.3, -0.25) is 24.5 Å². The fraction of sp³-hybridized carbons (Fsp3) is 0.571. The number of nitrogens with one attached hydrogen (secondary N) is 1. The summed E-state index contributed by atoms with van der Waals surface area (Å²) in [6, 6.07) is 8.31. The molecule has 12 heteroatoms. The Morgan fingerprint density at radius 2 is 1.93 bits per heavy atom. The zero-order valence-electron chi connectivity index (χ0n) is 32.6. The van der Waals surface area contributed by atoms with Crippen molar-refractivity contribution in [2.45, 2.75) is 110 Å². The fourth-order valence-electron chi connectivity index (χ4n) is 9.10. The molecule has 8 rings (SSSR count). The van der Waals surface area contributed by atoms with Gasteiger partial charge >= 0.3 is 5.97 Å². The second kappa shape index (κ2) is 15.0. The van der Waals surface area contributed by atoms with Gasteiger partial charge in [0, 0.05) is 78.0 Å². The second-order valence-electron chi connectivity index (χ2n) is 16.9. The molecule has 7 heterocycles. The molecule has 288 valence electrons. The van der Waals surface area contributed by atoms with Crippen molar-refractivity contribution in [1.29, 1.82) is 0 Å². The van der Waals surface area contributed by atoms with Crippen molar-refractivity contribution in [1.82, 2.24) is 29.9 Å². The lowest BCUT2D eigenvalue weighted by Crippen LogP contribution is -2.59. The number of piperidine rings is 1. The average molecular weight is 753 g/mol. The largest absolute Gasteiger partial charge is 0.464 e. The van der Waals surface area contributed by atoms with Crippen LogP contribution in [0.25, 0.3) is 33.4 Å². The van der Waals surface area contributed by atoms with E-state index < -0.39 is 17.5 Å². The molecule has 0 saturated carbocycles. The van der Waals surface area contributed by atoms with Gasteiger partial charge in [0.25, 0.3) is 5.91 Å². The van der Waals surface area contributed by atoms with Crippen LogP contribution in [0.1, 0.15) is 88.9 Å². The van der Waals surface area contributed by atoms with E-state index in [2.05, 4.69) is 90.3 Å². The molecule has 3 N–H and O–H groups in total. The zero-order valence-corrected chi connectivity index (χ0v) is 33.4. The highest BCUT2D eigenvalue weighted by Crippen LogP contribution is 2.43. The number of anilines is 1. The number of cyclic esters (lactones) is 1. The van der Waals surface area contributed by atoms with Crippen LogP contribution in [0.15, 0.2) is 35.8 Å². The number of fused-ring (bicyclic) bond motifs is 7. The summed E-state index contributed by atoms with van der Waals surface area (Å²) in [5.41, 5.74) is 18.2. The van der Waals surface area contributed by atoms with Gasteiger partial charge < -0.3 is 19.9 Å². The second-order valence-corrected chi connectivity index (χ2v) is 17.9. The number of nitrogens with two attached hydrogens (primary N) is 1. The highest BCUT2D eigenvalue weighted by molar-refractivity contribution is 7.10. The van der Waals surface area contributed by atoms with Crippen LogP contribution in [-0.4, -0.2) is 93.8 Å². The van der Waals surface area contributed by atoms with Crippen LogP contribution in [0.4, 0.5) is 5.69 Å². The van der Waals surface area contributed by atoms with Crippen molar-refractivity contribution in [3.8, 4) is 22.5 Å². The Morgan fingerprint density at radius 1 is 1.07 bits per heavy atom. The molecule has 1 amide bonds. The van der Waals surface area contributed by atoms with Crippen molar-refractivity contribution in [3.63, 3.8) is 0 Å². The lowest BCUT2D eigenvalue weighted by Gasteiger charge is -2.45. The topological polar surface area (TPSA) is 122 Å². The molecule has 3 atom stereocenters. The SMILES string of the molecule is CCn1c(-c2cc(N3CCN4CCCC[C@@H]4C3)cnc2C(C)C)c2c3cc(ccc31)-c1csc(n1)C[C@H](N)C(=O)N1CCC[C@H](N1)C(=O)OCC(C)(C)C2. The number of rotatable bonds is 4. The minimum absolute atomic E-state index is 0.220. The molecule has 54 heavy (non-hydrogen) atoms. The molecule has 0 radical (unpaired) electrons. The molecule has 0 unspecified atom stereocenters. The molecule has 4 aromatic rings. The van der Waals surface area contributed by atoms with E-state index >= 15 is 0 Å². The monoisotopic (exact) mass is 752 g/mol. The summed E-state index contributed by atoms with van der Waals surface area (Å²) >= 11 is 1.53. The number of pyridine rings is 1. The summed E-state index contributed by atoms with van der Waals surface area (Å²) in [6.07, 6.45) is 8.28. The number of hydrogen-bond acceptors (Lipinski definition) is 10. The van der Waals surface area contributed by atoms with Crippen LogP contribution < -0.4 is 16.1 Å². The number of nitrogens with zero attached hydrogens (tertiary/aromatic N) is 6. The molecule has 3 saturated heterocycles. The lowest BCUT2D eigenvalue weighted by atomic mass is 9.84. The maximum atomic E-state index is 13.6. The summed E-state index contributed by atoms with van der Waals surface area (Å²) < 4.78 is 8.56. The summed E-state index contributed by atoms with van der Waals surface area (Å²) in [5.74, 6) is -0.353. The highest BCUT2D eigenvalue weighted by Gasteiger charge is 2.35. The minimum atomic E-state index is -0.773. The van der Waals surface area contributed by atoms with E-state index in [0.29, 0.717) is 38.3 Å². The van der Waals surface area contributed by atoms with Crippen molar-refractivity contribution >= 4 is 39.8 Å². The van der Waals surface area contributed by atoms with Crippen LogP contribution in [0.3, 0.4) is 0 Å². The van der Waals surface area contributed by atoms with Crippen molar-refractivity contribution in [2.24, 2.45) is 11.1 Å². The van der Waals surface area contributed by atoms with Crippen molar-refractivity contribution in [3.05, 3.63) is 52.1 Å². The number of aryl methyl sites for hydroxylation is 1. The first-order valence-electron chi connectivity index (χ1n) is 20.1. The maximum Gasteiger partial charge on any atom is 0.324 e. The third-order valence-electron chi connectivity index (χ3n) is 11.9. The van der Waals surface area contributed by atoms with Crippen molar-refractivity contribution < 1.29 is 14.3 Å². The van der Waals surface area contributed by atoms with Gasteiger partial charge in [-0.2, -0.15) is 0 Å². The van der Waals surface area contributed by atoms with E-state index in [-0.39, 0.29) is 24.4 Å². The molecule has 6 bridgehead atoms. The Kier molecular flexibility index (Phi) is 10.3. The van der Waals surface area contributed by atoms with E-state index in [0.717, 1.165) is 48.1 Å². The number of aromatic nitrogens is 3. The van der Waals surface area contributed by atoms with Gasteiger partial charge in [0.15, 0.2) is 0 Å². The summed E-state index contributed by atoms with van der Waals surface area (Å²) in [4.78, 5) is 42.4. The quantitative estimate of drug-likeness (QED) is 0.237. The molecule has 0 aliphatic carbocycles. The molecule has 4 aliphatic rings. The third kappa shape index (κ3) is 7.18. The molecular weight excluding hydrogens is 697 g/mol. The summed E-state index contributed by atoms with van der Waals surface area (Å²) in [6.45, 7) is 16.9. The molecule has 4 aliphatic heterocycles. The van der Waals surface area contributed by atoms with E-state index in [1.165, 1.54) is 75.6 Å². The first-order valence-corrected chi connectivity index (χ1v) is 21.0. The van der Waals surface area contributed by atoms with E-state index in [9.17, 15) is 9.59 Å². The predicted molar refractivity (Wildman–Crippen MR) is 215 cm³/mol. The number of hydrazine groups is 1. The van der Waals surface area contributed by atoms with E-state index in [1.807, 2.05) is 0 Å². The van der Waals surface area contributed by atoms with Crippen molar-refractivity contribution in [2.75, 3.05) is 44.2 Å². The number of ether oxygens (including phenoxy) is 1. The van der Waals surface area contributed by atoms with E-state index in [1.54, 1.807) is 0 Å². The molecule has 0 spiro atoms. The predicted octanol–water partition coefficient (Wildman–Crippen LogP) is 6.14. The van der Waals surface area contributed by atoms with Crippen LogP contribution in [-0.2, 0) is 33.7 Å². The lowest BCUT2D eigenvalue weighted by molar-refractivity contribution is -0.154. The Hall–Kier alpha value is -3.84. The number of carbonyl (C=O) groups excluding carboxylic acids is 2. The van der Waals surface area contributed by atoms with E-state index in [4.69, 9.17) is 20.4 Å². The van der Waals surface area contributed by atoms with Gasteiger partial charge in [0.05, 0.1) is 46.6 Å². The Balaban J connectivity index is 1.26. The smallest absolute Gasteiger partial charge is 0.324 e. The number of hydrogen-bond donors (Lipinski definition) is 2. The molecular formula is C42H56N8O3S. The maximum absolute atomic E-state index is 13.6. The number of carbonyl (C=O) groups is 2. The van der Waals surface area contributed by atoms with Crippen LogP contribution in [0.5, 0.6) is 0 Å².